The summed E-state index contributed by atoms with van der Waals surface area (Å²) in [5.74, 6) is 10.9. The van der Waals surface area contributed by atoms with Gasteiger partial charge in [0.05, 0.1) is 0 Å². The summed E-state index contributed by atoms with van der Waals surface area (Å²) >= 11 is 0. The van der Waals surface area contributed by atoms with E-state index in [1.165, 1.54) is 13.1 Å². The van der Waals surface area contributed by atoms with E-state index in [2.05, 4.69) is 37.9 Å². The highest BCUT2D eigenvalue weighted by molar-refractivity contribution is 5.20. The van der Waals surface area contributed by atoms with Crippen LogP contribution in [0.1, 0.15) is 27.2 Å². The quantitative estimate of drug-likeness (QED) is 0.659. The molecule has 1 aliphatic heterocycles. The van der Waals surface area contributed by atoms with Gasteiger partial charge in [-0.3, -0.25) is 0 Å². The molecule has 14 heavy (non-hydrogen) atoms. The van der Waals surface area contributed by atoms with Gasteiger partial charge in [0.25, 0.3) is 0 Å². The highest BCUT2D eigenvalue weighted by atomic mass is 15.0. The average molecular weight is 191 g/mol. The molecule has 1 heterocycles. The Bertz CT molecular complexity index is 248. The predicted molar refractivity (Wildman–Crippen MR) is 59.7 cm³/mol. The van der Waals surface area contributed by atoms with E-state index in [0.29, 0.717) is 0 Å². The van der Waals surface area contributed by atoms with Gasteiger partial charge in [0, 0.05) is 12.3 Å². The van der Waals surface area contributed by atoms with Crippen molar-refractivity contribution >= 4 is 0 Å². The van der Waals surface area contributed by atoms with Gasteiger partial charge in [-0.15, -0.1) is 5.92 Å². The average Bonchev–Trinajstić information content (AvgIpc) is 2.62. The normalized spacial score (nSPS) is 36.1. The van der Waals surface area contributed by atoms with Crippen LogP contribution in [0.25, 0.3) is 0 Å². The number of piperidine rings is 1. The van der Waals surface area contributed by atoms with Crippen LogP contribution in [0.5, 0.6) is 0 Å². The highest BCUT2D eigenvalue weighted by Gasteiger charge is 2.51. The molecule has 0 aromatic rings. The van der Waals surface area contributed by atoms with Crippen molar-refractivity contribution in [1.29, 1.82) is 0 Å². The minimum Gasteiger partial charge on any atom is -0.316 e. The van der Waals surface area contributed by atoms with Crippen LogP contribution in [0.2, 0.25) is 0 Å². The molecule has 0 aromatic carbocycles. The second-order valence-corrected chi connectivity index (χ2v) is 5.26. The number of rotatable bonds is 2. The fourth-order valence-corrected chi connectivity index (χ4v) is 2.21. The van der Waals surface area contributed by atoms with Crippen molar-refractivity contribution in [3.63, 3.8) is 0 Å². The molecule has 1 saturated heterocycles. The van der Waals surface area contributed by atoms with Gasteiger partial charge in [-0.2, -0.15) is 0 Å². The molecule has 2 rings (SSSR count). The van der Waals surface area contributed by atoms with E-state index in [1.807, 2.05) is 0 Å². The van der Waals surface area contributed by atoms with Crippen molar-refractivity contribution < 1.29 is 0 Å². The largest absolute Gasteiger partial charge is 0.316 e. The standard InChI is InChI=1S/C13H21N/c1-9(2)10(3)5-4-6-11-12-7-14-8-13(11)12/h9-14H,5,7-8H2,1-3H3/t10-,11?,12-,13+/m1/s1. The van der Waals surface area contributed by atoms with Gasteiger partial charge in [-0.25, -0.2) is 0 Å². The van der Waals surface area contributed by atoms with Crippen LogP contribution in [0.15, 0.2) is 0 Å². The maximum atomic E-state index is 3.45. The Morgan fingerprint density at radius 3 is 2.43 bits per heavy atom. The van der Waals surface area contributed by atoms with E-state index in [0.717, 1.165) is 36.0 Å². The van der Waals surface area contributed by atoms with Gasteiger partial charge in [0.1, 0.15) is 0 Å². The zero-order chi connectivity index (χ0) is 10.1. The van der Waals surface area contributed by atoms with Crippen LogP contribution in [0.3, 0.4) is 0 Å². The molecule has 0 bridgehead atoms. The first-order chi connectivity index (χ1) is 6.70. The highest BCUT2D eigenvalue weighted by Crippen LogP contribution is 2.47. The van der Waals surface area contributed by atoms with E-state index in [-0.39, 0.29) is 0 Å². The Labute approximate surface area is 87.7 Å². The van der Waals surface area contributed by atoms with Gasteiger partial charge in [0.2, 0.25) is 0 Å². The van der Waals surface area contributed by atoms with E-state index in [9.17, 15) is 0 Å². The monoisotopic (exact) mass is 191 g/mol. The van der Waals surface area contributed by atoms with Gasteiger partial charge in [-0.05, 0) is 36.8 Å². The Balaban J connectivity index is 1.73. The summed E-state index contributed by atoms with van der Waals surface area (Å²) in [5.41, 5.74) is 0. The molecule has 0 spiro atoms. The summed E-state index contributed by atoms with van der Waals surface area (Å²) in [6.07, 6.45) is 1.08. The lowest BCUT2D eigenvalue weighted by molar-refractivity contribution is 0.429. The molecule has 78 valence electrons. The SMILES string of the molecule is CC(C)[C@H](C)CC#CC1[C@H]2CNC[C@@H]12. The zero-order valence-corrected chi connectivity index (χ0v) is 9.51. The van der Waals surface area contributed by atoms with Crippen molar-refractivity contribution in [3.05, 3.63) is 0 Å². The smallest absolute Gasteiger partial charge is 0.0290 e. The van der Waals surface area contributed by atoms with Crippen molar-refractivity contribution in [2.45, 2.75) is 27.2 Å². The molecule has 2 fully saturated rings. The van der Waals surface area contributed by atoms with Gasteiger partial charge in [-0.1, -0.05) is 26.7 Å². The summed E-state index contributed by atoms with van der Waals surface area (Å²) in [6.45, 7) is 9.28. The lowest BCUT2D eigenvalue weighted by Crippen LogP contribution is -2.13. The molecule has 4 atom stereocenters. The second-order valence-electron chi connectivity index (χ2n) is 5.26. The molecule has 2 aliphatic rings. The van der Waals surface area contributed by atoms with Gasteiger partial charge < -0.3 is 5.32 Å². The summed E-state index contributed by atoms with van der Waals surface area (Å²) in [6, 6.07) is 0. The molecule has 1 heteroatoms. The summed E-state index contributed by atoms with van der Waals surface area (Å²) < 4.78 is 0. The van der Waals surface area contributed by atoms with Crippen LogP contribution < -0.4 is 5.32 Å². The summed E-state index contributed by atoms with van der Waals surface area (Å²) in [4.78, 5) is 0. The van der Waals surface area contributed by atoms with Crippen molar-refractivity contribution in [3.8, 4) is 11.8 Å². The molecule has 1 unspecified atom stereocenters. The second kappa shape index (κ2) is 3.95. The van der Waals surface area contributed by atoms with Crippen LogP contribution in [0.4, 0.5) is 0 Å². The van der Waals surface area contributed by atoms with E-state index < -0.39 is 0 Å². The van der Waals surface area contributed by atoms with Crippen LogP contribution in [-0.4, -0.2) is 13.1 Å². The fraction of sp³-hybridized carbons (Fsp3) is 0.846. The molecule has 1 N–H and O–H groups in total. The topological polar surface area (TPSA) is 12.0 Å². The van der Waals surface area contributed by atoms with E-state index >= 15 is 0 Å². The minimum absolute atomic E-state index is 0.746. The number of hydrogen-bond donors (Lipinski definition) is 1. The predicted octanol–water partition coefficient (Wildman–Crippen LogP) is 2.14. The van der Waals surface area contributed by atoms with Crippen molar-refractivity contribution in [2.75, 3.05) is 13.1 Å². The van der Waals surface area contributed by atoms with Gasteiger partial charge >= 0.3 is 0 Å². The zero-order valence-electron chi connectivity index (χ0n) is 9.51. The van der Waals surface area contributed by atoms with Gasteiger partial charge in [0.15, 0.2) is 0 Å². The molecular weight excluding hydrogens is 170 g/mol. The first-order valence-corrected chi connectivity index (χ1v) is 5.89. The Hall–Kier alpha value is -0.480. The lowest BCUT2D eigenvalue weighted by Gasteiger charge is -2.10. The first kappa shape index (κ1) is 10.1. The van der Waals surface area contributed by atoms with E-state index in [1.54, 1.807) is 0 Å². The maximum absolute atomic E-state index is 3.45. The molecule has 0 radical (unpaired) electrons. The fourth-order valence-electron chi connectivity index (χ4n) is 2.21. The van der Waals surface area contributed by atoms with Crippen LogP contribution in [0, 0.1) is 41.4 Å². The van der Waals surface area contributed by atoms with Crippen molar-refractivity contribution in [2.24, 2.45) is 29.6 Å². The third kappa shape index (κ3) is 1.96. The number of nitrogens with one attached hydrogen (secondary N) is 1. The third-order valence-electron chi connectivity index (χ3n) is 3.92. The van der Waals surface area contributed by atoms with Crippen LogP contribution in [-0.2, 0) is 0 Å². The summed E-state index contributed by atoms with van der Waals surface area (Å²) in [7, 11) is 0. The molecule has 1 nitrogen and oxygen atoms in total. The third-order valence-corrected chi connectivity index (χ3v) is 3.92. The van der Waals surface area contributed by atoms with Crippen LogP contribution >= 0.6 is 0 Å². The Morgan fingerprint density at radius 1 is 1.21 bits per heavy atom. The number of hydrogen-bond acceptors (Lipinski definition) is 1. The maximum Gasteiger partial charge on any atom is 0.0290 e. The first-order valence-electron chi connectivity index (χ1n) is 5.89. The number of fused-ring (bicyclic) bond motifs is 1. The Morgan fingerprint density at radius 2 is 1.86 bits per heavy atom. The minimum atomic E-state index is 0.746. The molecule has 1 saturated carbocycles. The van der Waals surface area contributed by atoms with E-state index in [4.69, 9.17) is 0 Å². The molecule has 0 aromatic heterocycles. The summed E-state index contributed by atoms with van der Waals surface area (Å²) in [5, 5.41) is 3.40. The van der Waals surface area contributed by atoms with Crippen molar-refractivity contribution in [1.82, 2.24) is 5.32 Å². The Kier molecular flexibility index (Phi) is 2.83. The lowest BCUT2D eigenvalue weighted by atomic mass is 9.95. The molecule has 1 aliphatic carbocycles. The molecular formula is C13H21N. The molecule has 0 amide bonds.